The minimum absolute atomic E-state index is 0.287. The Bertz CT molecular complexity index is 537. The lowest BCUT2D eigenvalue weighted by molar-refractivity contribution is -0.138. The van der Waals surface area contributed by atoms with Gasteiger partial charge in [-0.25, -0.2) is 0 Å². The number of benzene rings is 1. The zero-order chi connectivity index (χ0) is 13.7. The second-order valence-electron chi connectivity index (χ2n) is 3.63. The molecule has 1 aromatic heterocycles. The number of para-hydroxylation sites is 1. The van der Waals surface area contributed by atoms with Crippen LogP contribution in [0.4, 0.5) is 0 Å². The first kappa shape index (κ1) is 14.5. The van der Waals surface area contributed by atoms with Gasteiger partial charge in [-0.05, 0) is 11.6 Å². The van der Waals surface area contributed by atoms with E-state index in [1.807, 2.05) is 26.0 Å². The Balaban J connectivity index is 0.000000771. The average Bonchev–Trinajstić information content (AvgIpc) is 2.76. The molecule has 98 valence electrons. The van der Waals surface area contributed by atoms with Gasteiger partial charge in [-0.15, -0.1) is 0 Å². The van der Waals surface area contributed by atoms with Crippen LogP contribution in [0.25, 0.3) is 10.9 Å². The zero-order valence-electron chi connectivity index (χ0n) is 10.4. The molecular weight excluding hydrogens is 252 g/mol. The Morgan fingerprint density at radius 3 is 2.78 bits per heavy atom. The molecule has 0 fully saturated rings. The number of aromatic nitrogens is 1. The van der Waals surface area contributed by atoms with Crippen LogP contribution in [0.3, 0.4) is 0 Å². The highest BCUT2D eigenvalue weighted by Gasteiger charge is 2.15. The third kappa shape index (κ3) is 3.03. The van der Waals surface area contributed by atoms with E-state index >= 15 is 0 Å². The first-order valence-corrected chi connectivity index (χ1v) is 6.20. The molecule has 0 aliphatic carbocycles. The van der Waals surface area contributed by atoms with Gasteiger partial charge < -0.3 is 15.8 Å². The molecule has 1 aromatic carbocycles. The highest BCUT2D eigenvalue weighted by Crippen LogP contribution is 2.25. The third-order valence-corrected chi connectivity index (χ3v) is 2.82. The van der Waals surface area contributed by atoms with Gasteiger partial charge >= 0.3 is 5.97 Å². The number of rotatable bonds is 3. The summed E-state index contributed by atoms with van der Waals surface area (Å²) in [6, 6.07) is 4.61. The van der Waals surface area contributed by atoms with E-state index in [4.69, 9.17) is 22.4 Å². The van der Waals surface area contributed by atoms with Crippen molar-refractivity contribution in [2.75, 3.05) is 0 Å². The van der Waals surface area contributed by atoms with Crippen molar-refractivity contribution in [3.63, 3.8) is 0 Å². The van der Waals surface area contributed by atoms with Crippen LogP contribution in [0.2, 0.25) is 5.02 Å². The number of nitrogens with two attached hydrogens (primary N) is 1. The normalized spacial score (nSPS) is 11.8. The second kappa shape index (κ2) is 6.42. The summed E-state index contributed by atoms with van der Waals surface area (Å²) in [6.45, 7) is 4.00. The number of carboxylic acid groups (broad SMARTS) is 1. The number of hydrogen-bond donors (Lipinski definition) is 3. The van der Waals surface area contributed by atoms with Crippen LogP contribution in [0, 0.1) is 0 Å². The fraction of sp³-hybridized carbons (Fsp3) is 0.308. The number of halogens is 1. The summed E-state index contributed by atoms with van der Waals surface area (Å²) in [6.07, 6.45) is 2.04. The maximum atomic E-state index is 10.7. The van der Waals surface area contributed by atoms with E-state index in [-0.39, 0.29) is 6.42 Å². The largest absolute Gasteiger partial charge is 0.480 e. The van der Waals surface area contributed by atoms with Gasteiger partial charge in [0.25, 0.3) is 0 Å². The number of fused-ring (bicyclic) bond motifs is 1. The highest BCUT2D eigenvalue weighted by atomic mass is 35.5. The number of aromatic amines is 1. The van der Waals surface area contributed by atoms with Gasteiger partial charge in [0.2, 0.25) is 0 Å². The summed E-state index contributed by atoms with van der Waals surface area (Å²) < 4.78 is 0. The Morgan fingerprint density at radius 1 is 1.50 bits per heavy atom. The molecule has 4 nitrogen and oxygen atoms in total. The fourth-order valence-electron chi connectivity index (χ4n) is 1.67. The summed E-state index contributed by atoms with van der Waals surface area (Å²) in [5.41, 5.74) is 7.17. The third-order valence-electron chi connectivity index (χ3n) is 2.51. The van der Waals surface area contributed by atoms with Gasteiger partial charge in [-0.1, -0.05) is 37.6 Å². The topological polar surface area (TPSA) is 79.1 Å². The van der Waals surface area contributed by atoms with E-state index in [0.29, 0.717) is 5.02 Å². The summed E-state index contributed by atoms with van der Waals surface area (Å²) in [5, 5.41) is 10.3. The Labute approximate surface area is 111 Å². The number of H-pyrrole nitrogens is 1. The van der Waals surface area contributed by atoms with Gasteiger partial charge in [-0.2, -0.15) is 0 Å². The van der Waals surface area contributed by atoms with Crippen molar-refractivity contribution in [3.8, 4) is 0 Å². The van der Waals surface area contributed by atoms with Crippen molar-refractivity contribution in [1.82, 2.24) is 4.98 Å². The van der Waals surface area contributed by atoms with Gasteiger partial charge in [0.05, 0.1) is 10.5 Å². The van der Waals surface area contributed by atoms with Gasteiger partial charge in [-0.3, -0.25) is 4.79 Å². The fourth-order valence-corrected chi connectivity index (χ4v) is 1.90. The molecule has 2 aromatic rings. The molecule has 1 unspecified atom stereocenters. The van der Waals surface area contributed by atoms with Crippen LogP contribution in [0.5, 0.6) is 0 Å². The quantitative estimate of drug-likeness (QED) is 0.801. The van der Waals surface area contributed by atoms with Crippen LogP contribution < -0.4 is 5.73 Å². The van der Waals surface area contributed by atoms with E-state index in [0.717, 1.165) is 16.5 Å². The van der Waals surface area contributed by atoms with Crippen molar-refractivity contribution in [2.24, 2.45) is 5.73 Å². The zero-order valence-corrected chi connectivity index (χ0v) is 11.2. The van der Waals surface area contributed by atoms with Crippen LogP contribution in [-0.2, 0) is 11.2 Å². The van der Waals surface area contributed by atoms with Crippen LogP contribution in [0.15, 0.2) is 24.4 Å². The molecule has 0 saturated heterocycles. The first-order chi connectivity index (χ1) is 8.59. The highest BCUT2D eigenvalue weighted by molar-refractivity contribution is 6.35. The van der Waals surface area contributed by atoms with E-state index < -0.39 is 12.0 Å². The molecule has 0 saturated carbocycles. The van der Waals surface area contributed by atoms with Crippen molar-refractivity contribution < 1.29 is 9.90 Å². The van der Waals surface area contributed by atoms with E-state index in [1.54, 1.807) is 12.3 Å². The standard InChI is InChI=1S/C11H11ClN2O2.C2H6/c12-8-3-1-2-7-6(5-14-10(7)8)4-9(13)11(15)16;1-2/h1-3,5,9,14H,4,13H2,(H,15,16);1-2H3. The van der Waals surface area contributed by atoms with Crippen molar-refractivity contribution in [2.45, 2.75) is 26.3 Å². The SMILES string of the molecule is CC.NC(Cc1c[nH]c2c(Cl)cccc12)C(=O)O. The Morgan fingerprint density at radius 2 is 2.17 bits per heavy atom. The molecule has 1 heterocycles. The lowest BCUT2D eigenvalue weighted by atomic mass is 10.1. The summed E-state index contributed by atoms with van der Waals surface area (Å²) in [4.78, 5) is 13.7. The summed E-state index contributed by atoms with van der Waals surface area (Å²) in [5.74, 6) is -1.00. The number of aliphatic carboxylic acids is 1. The van der Waals surface area contributed by atoms with E-state index in [2.05, 4.69) is 4.98 Å². The molecule has 1 atom stereocenters. The minimum atomic E-state index is -1.00. The number of carbonyl (C=O) groups is 1. The summed E-state index contributed by atoms with van der Waals surface area (Å²) >= 11 is 5.99. The molecule has 0 radical (unpaired) electrons. The number of hydrogen-bond acceptors (Lipinski definition) is 2. The molecule has 5 heteroatoms. The molecule has 0 spiro atoms. The molecule has 0 bridgehead atoms. The molecule has 0 aliphatic rings. The molecule has 0 aliphatic heterocycles. The van der Waals surface area contributed by atoms with Crippen LogP contribution >= 0.6 is 11.6 Å². The average molecular weight is 269 g/mol. The minimum Gasteiger partial charge on any atom is -0.480 e. The maximum Gasteiger partial charge on any atom is 0.320 e. The Kier molecular flexibility index (Phi) is 5.19. The summed E-state index contributed by atoms with van der Waals surface area (Å²) in [7, 11) is 0. The van der Waals surface area contributed by atoms with Crippen molar-refractivity contribution in [1.29, 1.82) is 0 Å². The molecule has 18 heavy (non-hydrogen) atoms. The lowest BCUT2D eigenvalue weighted by Gasteiger charge is -2.04. The molecule has 2 rings (SSSR count). The maximum absolute atomic E-state index is 10.7. The predicted molar refractivity (Wildman–Crippen MR) is 74.0 cm³/mol. The number of nitrogens with one attached hydrogen (secondary N) is 1. The van der Waals surface area contributed by atoms with Crippen molar-refractivity contribution in [3.05, 3.63) is 35.0 Å². The van der Waals surface area contributed by atoms with E-state index in [1.165, 1.54) is 0 Å². The lowest BCUT2D eigenvalue weighted by Crippen LogP contribution is -2.32. The molecule has 0 amide bonds. The van der Waals surface area contributed by atoms with Gasteiger partial charge in [0, 0.05) is 18.0 Å². The van der Waals surface area contributed by atoms with Crippen molar-refractivity contribution >= 4 is 28.5 Å². The van der Waals surface area contributed by atoms with E-state index in [9.17, 15) is 4.79 Å². The number of carboxylic acids is 1. The molecular formula is C13H17ClN2O2. The molecule has 4 N–H and O–H groups in total. The first-order valence-electron chi connectivity index (χ1n) is 5.82. The van der Waals surface area contributed by atoms with Crippen LogP contribution in [-0.4, -0.2) is 22.1 Å². The van der Waals surface area contributed by atoms with Gasteiger partial charge in [0.1, 0.15) is 6.04 Å². The Hall–Kier alpha value is -1.52. The second-order valence-corrected chi connectivity index (χ2v) is 4.03. The van der Waals surface area contributed by atoms with Gasteiger partial charge in [0.15, 0.2) is 0 Å². The smallest absolute Gasteiger partial charge is 0.320 e. The van der Waals surface area contributed by atoms with Crippen LogP contribution in [0.1, 0.15) is 19.4 Å². The monoisotopic (exact) mass is 268 g/mol. The predicted octanol–water partition coefficient (Wildman–Crippen LogP) is 2.80.